The first-order chi connectivity index (χ1) is 13.6. The van der Waals surface area contributed by atoms with Crippen LogP contribution in [0, 0.1) is 10.6 Å². The molecule has 0 fully saturated rings. The molecule has 0 unspecified atom stereocenters. The van der Waals surface area contributed by atoms with Crippen molar-refractivity contribution in [2.75, 3.05) is 12.3 Å². The lowest BCUT2D eigenvalue weighted by Gasteiger charge is -2.09. The Balaban J connectivity index is 1.46. The molecule has 1 amide bonds. The van der Waals surface area contributed by atoms with E-state index in [4.69, 9.17) is 12.2 Å². The van der Waals surface area contributed by atoms with Gasteiger partial charge in [0, 0.05) is 31.0 Å². The topological polar surface area (TPSA) is 66.9 Å². The molecule has 146 valence electrons. The van der Waals surface area contributed by atoms with E-state index in [9.17, 15) is 14.0 Å². The van der Waals surface area contributed by atoms with Crippen LogP contribution >= 0.6 is 24.0 Å². The van der Waals surface area contributed by atoms with E-state index in [0.29, 0.717) is 39.3 Å². The summed E-state index contributed by atoms with van der Waals surface area (Å²) < 4.78 is 15.2. The van der Waals surface area contributed by atoms with E-state index in [1.165, 1.54) is 10.6 Å². The van der Waals surface area contributed by atoms with E-state index in [0.717, 1.165) is 0 Å². The van der Waals surface area contributed by atoms with Crippen molar-refractivity contribution >= 4 is 40.8 Å². The maximum atomic E-state index is 13.5. The lowest BCUT2D eigenvalue weighted by atomic mass is 10.2. The molecule has 0 radical (unpaired) electrons. The number of halogens is 1. The molecule has 0 saturated heterocycles. The highest BCUT2D eigenvalue weighted by Gasteiger charge is 2.08. The van der Waals surface area contributed by atoms with Crippen molar-refractivity contribution in [2.24, 2.45) is 0 Å². The molecule has 2 N–H and O–H groups in total. The number of aromatic amines is 1. The number of carbonyl (C=O) groups excluding carboxylic acids is 1. The molecule has 0 aliphatic carbocycles. The summed E-state index contributed by atoms with van der Waals surface area (Å²) in [6.45, 7) is 0.699. The molecule has 3 aromatic rings. The second-order valence-corrected chi connectivity index (χ2v) is 7.67. The van der Waals surface area contributed by atoms with Crippen LogP contribution in [0.3, 0.4) is 0 Å². The Bertz CT molecular complexity index is 1090. The molecule has 3 rings (SSSR count). The summed E-state index contributed by atoms with van der Waals surface area (Å²) in [4.78, 5) is 27.6. The van der Waals surface area contributed by atoms with E-state index >= 15 is 0 Å². The number of nitrogens with one attached hydrogen (secondary N) is 2. The van der Waals surface area contributed by atoms with Crippen molar-refractivity contribution < 1.29 is 9.18 Å². The quantitative estimate of drug-likeness (QED) is 0.434. The molecule has 0 atom stereocenters. The summed E-state index contributed by atoms with van der Waals surface area (Å²) in [5, 5.41) is 3.36. The van der Waals surface area contributed by atoms with E-state index in [1.807, 2.05) is 6.07 Å². The predicted molar refractivity (Wildman–Crippen MR) is 114 cm³/mol. The number of aromatic nitrogens is 2. The lowest BCUT2D eigenvalue weighted by Crippen LogP contribution is -2.29. The van der Waals surface area contributed by atoms with Gasteiger partial charge in [-0.1, -0.05) is 30.3 Å². The Labute approximate surface area is 171 Å². The third kappa shape index (κ3) is 5.08. The summed E-state index contributed by atoms with van der Waals surface area (Å²) in [5.41, 5.74) is 1.14. The van der Waals surface area contributed by atoms with Crippen molar-refractivity contribution in [2.45, 2.75) is 18.7 Å². The Kier molecular flexibility index (Phi) is 7.00. The molecule has 2 aromatic carbocycles. The molecule has 5 nitrogen and oxygen atoms in total. The van der Waals surface area contributed by atoms with Gasteiger partial charge in [-0.2, -0.15) is 11.8 Å². The third-order valence-electron chi connectivity index (χ3n) is 4.24. The van der Waals surface area contributed by atoms with Gasteiger partial charge in [0.1, 0.15) is 5.82 Å². The number of fused-ring (bicyclic) bond motifs is 1. The van der Waals surface area contributed by atoms with E-state index in [1.54, 1.807) is 48.2 Å². The van der Waals surface area contributed by atoms with E-state index in [2.05, 4.69) is 10.3 Å². The largest absolute Gasteiger partial charge is 0.355 e. The Morgan fingerprint density at radius 3 is 2.75 bits per heavy atom. The highest BCUT2D eigenvalue weighted by atomic mass is 32.2. The fourth-order valence-electron chi connectivity index (χ4n) is 2.76. The number of benzene rings is 2. The molecule has 1 aromatic heterocycles. The fraction of sp³-hybridized carbons (Fsp3) is 0.250. The SMILES string of the molecule is O=C(CCn1c(=S)[nH]c2ccccc2c1=O)NCCSCc1ccccc1F. The molecule has 0 saturated carbocycles. The lowest BCUT2D eigenvalue weighted by molar-refractivity contribution is -0.121. The monoisotopic (exact) mass is 417 g/mol. The fourth-order valence-corrected chi connectivity index (χ4v) is 3.89. The van der Waals surface area contributed by atoms with Gasteiger partial charge in [0.2, 0.25) is 5.91 Å². The summed E-state index contributed by atoms with van der Waals surface area (Å²) in [5.74, 6) is 0.873. The second kappa shape index (κ2) is 9.66. The average Bonchev–Trinajstić information content (AvgIpc) is 2.69. The van der Waals surface area contributed by atoms with Crippen LogP contribution in [0.2, 0.25) is 0 Å². The molecule has 0 aliphatic heterocycles. The second-order valence-electron chi connectivity index (χ2n) is 6.18. The minimum absolute atomic E-state index is 0.152. The summed E-state index contributed by atoms with van der Waals surface area (Å²) in [7, 11) is 0. The first kappa shape index (κ1) is 20.3. The summed E-state index contributed by atoms with van der Waals surface area (Å²) >= 11 is 6.79. The highest BCUT2D eigenvalue weighted by molar-refractivity contribution is 7.98. The normalized spacial score (nSPS) is 10.9. The van der Waals surface area contributed by atoms with Crippen LogP contribution in [-0.4, -0.2) is 27.8 Å². The zero-order valence-electron chi connectivity index (χ0n) is 15.1. The van der Waals surface area contributed by atoms with E-state index in [-0.39, 0.29) is 30.2 Å². The number of thioether (sulfide) groups is 1. The zero-order valence-corrected chi connectivity index (χ0v) is 16.7. The number of nitrogens with zero attached hydrogens (tertiary/aromatic N) is 1. The molecule has 0 bridgehead atoms. The molecule has 0 aliphatic rings. The van der Waals surface area contributed by atoms with Crippen molar-refractivity contribution in [3.63, 3.8) is 0 Å². The van der Waals surface area contributed by atoms with E-state index < -0.39 is 0 Å². The first-order valence-electron chi connectivity index (χ1n) is 8.86. The third-order valence-corrected chi connectivity index (χ3v) is 5.57. The van der Waals surface area contributed by atoms with Crippen molar-refractivity contribution in [3.8, 4) is 0 Å². The number of hydrogen-bond donors (Lipinski definition) is 2. The number of rotatable bonds is 8. The van der Waals surface area contributed by atoms with Gasteiger partial charge in [-0.05, 0) is 36.0 Å². The van der Waals surface area contributed by atoms with Gasteiger partial charge < -0.3 is 10.3 Å². The van der Waals surface area contributed by atoms with Crippen LogP contribution in [0.5, 0.6) is 0 Å². The highest BCUT2D eigenvalue weighted by Crippen LogP contribution is 2.14. The van der Waals surface area contributed by atoms with Crippen LogP contribution in [0.1, 0.15) is 12.0 Å². The summed E-state index contributed by atoms with van der Waals surface area (Å²) in [6.07, 6.45) is 0.160. The van der Waals surface area contributed by atoms with Crippen LogP contribution < -0.4 is 10.9 Å². The molecular weight excluding hydrogens is 397 g/mol. The first-order valence-corrected chi connectivity index (χ1v) is 10.4. The number of hydrogen-bond acceptors (Lipinski definition) is 4. The van der Waals surface area contributed by atoms with Gasteiger partial charge in [-0.3, -0.25) is 14.2 Å². The smallest absolute Gasteiger partial charge is 0.262 e. The van der Waals surface area contributed by atoms with Gasteiger partial charge in [0.25, 0.3) is 5.56 Å². The van der Waals surface area contributed by atoms with Crippen molar-refractivity contribution in [1.82, 2.24) is 14.9 Å². The molecule has 0 spiro atoms. The van der Waals surface area contributed by atoms with Crippen LogP contribution in [0.25, 0.3) is 10.9 Å². The molecule has 1 heterocycles. The molecule has 8 heteroatoms. The van der Waals surface area contributed by atoms with Gasteiger partial charge in [0.05, 0.1) is 10.9 Å². The number of H-pyrrole nitrogens is 1. The Morgan fingerprint density at radius 1 is 1.18 bits per heavy atom. The molecular formula is C20H20FN3O2S2. The standard InChI is InChI=1S/C20H20FN3O2S2/c21-16-7-3-1-5-14(16)13-28-12-10-22-18(25)9-11-24-19(26)15-6-2-4-8-17(15)23-20(24)27/h1-8H,9-13H2,(H,22,25)(H,23,27). The maximum absolute atomic E-state index is 13.5. The van der Waals surface area contributed by atoms with Gasteiger partial charge >= 0.3 is 0 Å². The van der Waals surface area contributed by atoms with Gasteiger partial charge in [0.15, 0.2) is 4.77 Å². The maximum Gasteiger partial charge on any atom is 0.262 e. The van der Waals surface area contributed by atoms with Crippen LogP contribution in [-0.2, 0) is 17.1 Å². The average molecular weight is 418 g/mol. The van der Waals surface area contributed by atoms with Crippen LogP contribution in [0.15, 0.2) is 53.3 Å². The van der Waals surface area contributed by atoms with Crippen molar-refractivity contribution in [3.05, 3.63) is 75.0 Å². The number of para-hydroxylation sites is 1. The van der Waals surface area contributed by atoms with Gasteiger partial charge in [-0.25, -0.2) is 4.39 Å². The minimum atomic E-state index is -0.212. The van der Waals surface area contributed by atoms with Gasteiger partial charge in [-0.15, -0.1) is 0 Å². The number of carbonyl (C=O) groups is 1. The molecule has 28 heavy (non-hydrogen) atoms. The van der Waals surface area contributed by atoms with Crippen LogP contribution in [0.4, 0.5) is 4.39 Å². The Hall–Kier alpha value is -2.45. The zero-order chi connectivity index (χ0) is 19.9. The predicted octanol–water partition coefficient (Wildman–Crippen LogP) is 3.64. The Morgan fingerprint density at radius 2 is 1.93 bits per heavy atom. The summed E-state index contributed by atoms with van der Waals surface area (Å²) in [6, 6.07) is 13.8. The van der Waals surface area contributed by atoms with Crippen molar-refractivity contribution in [1.29, 1.82) is 0 Å². The minimum Gasteiger partial charge on any atom is -0.355 e. The number of amides is 1.